The zero-order valence-corrected chi connectivity index (χ0v) is 15.3. The molecule has 2 aromatic rings. The van der Waals surface area contributed by atoms with Crippen LogP contribution in [0.3, 0.4) is 0 Å². The van der Waals surface area contributed by atoms with Crippen molar-refractivity contribution in [2.75, 3.05) is 13.7 Å². The molecule has 2 unspecified atom stereocenters. The lowest BCUT2D eigenvalue weighted by molar-refractivity contribution is -0.134. The van der Waals surface area contributed by atoms with Crippen LogP contribution in [0.2, 0.25) is 0 Å². The fraction of sp³-hybridized carbons (Fsp3) is 0.450. The highest BCUT2D eigenvalue weighted by atomic mass is 35.5. The summed E-state index contributed by atoms with van der Waals surface area (Å²) in [5.74, 6) is 0.815. The van der Waals surface area contributed by atoms with Gasteiger partial charge in [-0.15, -0.1) is 12.4 Å². The summed E-state index contributed by atoms with van der Waals surface area (Å²) in [6, 6.07) is 15.6. The molecular weight excluding hydrogens is 336 g/mol. The number of rotatable bonds is 4. The van der Waals surface area contributed by atoms with Gasteiger partial charge < -0.3 is 15.0 Å². The topological polar surface area (TPSA) is 41.6 Å². The highest BCUT2D eigenvalue weighted by molar-refractivity contribution is 5.85. The van der Waals surface area contributed by atoms with E-state index < -0.39 is 0 Å². The normalized spacial score (nSPS) is 24.6. The van der Waals surface area contributed by atoms with Crippen molar-refractivity contribution in [1.82, 2.24) is 10.2 Å². The summed E-state index contributed by atoms with van der Waals surface area (Å²) in [6.45, 7) is 0.105. The third-order valence-electron chi connectivity index (χ3n) is 5.47. The van der Waals surface area contributed by atoms with E-state index in [4.69, 9.17) is 4.74 Å². The summed E-state index contributed by atoms with van der Waals surface area (Å²) in [6.07, 6.45) is 4.62. The lowest BCUT2D eigenvalue weighted by Crippen LogP contribution is -2.49. The van der Waals surface area contributed by atoms with Crippen LogP contribution in [0, 0.1) is 0 Å². The number of fused-ring (bicyclic) bond motifs is 3. The quantitative estimate of drug-likeness (QED) is 0.908. The predicted octanol–water partition coefficient (Wildman–Crippen LogP) is 3.38. The van der Waals surface area contributed by atoms with Gasteiger partial charge in [0, 0.05) is 25.2 Å². The van der Waals surface area contributed by atoms with Gasteiger partial charge in [0.2, 0.25) is 0 Å². The molecule has 1 N–H and O–H groups in total. The van der Waals surface area contributed by atoms with Crippen LogP contribution < -0.4 is 10.1 Å². The number of hydrogen-bond acceptors (Lipinski definition) is 3. The van der Waals surface area contributed by atoms with Crippen molar-refractivity contribution >= 4 is 29.1 Å². The van der Waals surface area contributed by atoms with E-state index in [1.165, 1.54) is 18.2 Å². The van der Waals surface area contributed by atoms with Gasteiger partial charge in [0.1, 0.15) is 5.75 Å². The van der Waals surface area contributed by atoms with Gasteiger partial charge >= 0.3 is 0 Å². The molecule has 2 bridgehead atoms. The molecule has 4 rings (SSSR count). The minimum Gasteiger partial charge on any atom is -0.484 e. The molecule has 2 aliphatic heterocycles. The molecule has 2 fully saturated rings. The Morgan fingerprint density at radius 3 is 2.52 bits per heavy atom. The van der Waals surface area contributed by atoms with Crippen molar-refractivity contribution in [2.24, 2.45) is 0 Å². The SMILES string of the molecule is CN(C(=O)COc1ccc2ccccc2c1)C1CC2CCC(C1)N2.Cl. The van der Waals surface area contributed by atoms with Gasteiger partial charge in [-0.3, -0.25) is 4.79 Å². The first kappa shape index (κ1) is 18.0. The lowest BCUT2D eigenvalue weighted by atomic mass is 9.98. The Bertz CT molecular complexity index is 739. The highest BCUT2D eigenvalue weighted by Crippen LogP contribution is 2.29. The van der Waals surface area contributed by atoms with Crippen molar-refractivity contribution in [3.63, 3.8) is 0 Å². The van der Waals surface area contributed by atoms with Crippen LogP contribution in [0.5, 0.6) is 5.75 Å². The van der Waals surface area contributed by atoms with Gasteiger partial charge in [0.15, 0.2) is 6.61 Å². The maximum atomic E-state index is 12.5. The number of ether oxygens (including phenoxy) is 1. The Labute approximate surface area is 154 Å². The Balaban J connectivity index is 0.00000182. The van der Waals surface area contributed by atoms with Crippen LogP contribution in [-0.2, 0) is 4.79 Å². The molecule has 0 radical (unpaired) electrons. The van der Waals surface area contributed by atoms with Crippen molar-refractivity contribution < 1.29 is 9.53 Å². The van der Waals surface area contributed by atoms with Crippen molar-refractivity contribution in [3.05, 3.63) is 42.5 Å². The summed E-state index contributed by atoms with van der Waals surface area (Å²) >= 11 is 0. The van der Waals surface area contributed by atoms with E-state index in [0.717, 1.165) is 24.0 Å². The van der Waals surface area contributed by atoms with Crippen molar-refractivity contribution in [1.29, 1.82) is 0 Å². The summed E-state index contributed by atoms with van der Waals surface area (Å²) in [5, 5.41) is 5.93. The van der Waals surface area contributed by atoms with E-state index in [-0.39, 0.29) is 24.9 Å². The fourth-order valence-electron chi connectivity index (χ4n) is 4.05. The fourth-order valence-corrected chi connectivity index (χ4v) is 4.05. The predicted molar refractivity (Wildman–Crippen MR) is 102 cm³/mol. The second kappa shape index (κ2) is 7.63. The molecule has 25 heavy (non-hydrogen) atoms. The summed E-state index contributed by atoms with van der Waals surface area (Å²) in [5.41, 5.74) is 0. The number of piperidine rings is 1. The number of halogens is 1. The zero-order chi connectivity index (χ0) is 16.5. The Hall–Kier alpha value is -1.78. The van der Waals surface area contributed by atoms with E-state index in [1.54, 1.807) is 0 Å². The van der Waals surface area contributed by atoms with Gasteiger partial charge in [-0.25, -0.2) is 0 Å². The van der Waals surface area contributed by atoms with Gasteiger partial charge in [-0.2, -0.15) is 0 Å². The molecule has 2 aliphatic rings. The highest BCUT2D eigenvalue weighted by Gasteiger charge is 2.36. The number of amides is 1. The Morgan fingerprint density at radius 2 is 1.80 bits per heavy atom. The van der Waals surface area contributed by atoms with E-state index in [0.29, 0.717) is 18.1 Å². The van der Waals surface area contributed by atoms with Crippen LogP contribution >= 0.6 is 12.4 Å². The third-order valence-corrected chi connectivity index (χ3v) is 5.47. The molecule has 134 valence electrons. The van der Waals surface area contributed by atoms with Gasteiger partial charge in [0.25, 0.3) is 5.91 Å². The van der Waals surface area contributed by atoms with E-state index >= 15 is 0 Å². The Kier molecular flexibility index (Phi) is 5.50. The van der Waals surface area contributed by atoms with Crippen molar-refractivity contribution in [3.8, 4) is 5.75 Å². The lowest BCUT2D eigenvalue weighted by Gasteiger charge is -2.35. The first-order valence-electron chi connectivity index (χ1n) is 8.82. The standard InChI is InChI=1S/C20H24N2O2.ClH/c1-22(18-11-16-7-8-17(12-18)21-16)20(23)13-24-19-9-6-14-4-2-3-5-15(14)10-19;/h2-6,9-10,16-18,21H,7-8,11-13H2,1H3;1H. The molecule has 2 saturated heterocycles. The number of nitrogens with zero attached hydrogens (tertiary/aromatic N) is 1. The number of carbonyl (C=O) groups is 1. The molecule has 0 saturated carbocycles. The first-order chi connectivity index (χ1) is 11.7. The molecule has 2 atom stereocenters. The van der Waals surface area contributed by atoms with E-state index in [1.807, 2.05) is 42.3 Å². The zero-order valence-electron chi connectivity index (χ0n) is 14.5. The molecule has 1 amide bonds. The van der Waals surface area contributed by atoms with E-state index in [9.17, 15) is 4.79 Å². The summed E-state index contributed by atoms with van der Waals surface area (Å²) in [4.78, 5) is 14.4. The van der Waals surface area contributed by atoms with Crippen molar-refractivity contribution in [2.45, 2.75) is 43.8 Å². The first-order valence-corrected chi connectivity index (χ1v) is 8.82. The molecule has 2 heterocycles. The maximum absolute atomic E-state index is 12.5. The average Bonchev–Trinajstić information content (AvgIpc) is 2.96. The van der Waals surface area contributed by atoms with Crippen LogP contribution in [0.15, 0.2) is 42.5 Å². The molecule has 0 aliphatic carbocycles. The number of benzene rings is 2. The van der Waals surface area contributed by atoms with Gasteiger partial charge in [-0.05, 0) is 48.6 Å². The minimum atomic E-state index is 0. The molecule has 0 aromatic heterocycles. The molecule has 4 nitrogen and oxygen atoms in total. The number of likely N-dealkylation sites (N-methyl/N-ethyl adjacent to an activating group) is 1. The van der Waals surface area contributed by atoms with Gasteiger partial charge in [-0.1, -0.05) is 30.3 Å². The number of nitrogens with one attached hydrogen (secondary N) is 1. The van der Waals surface area contributed by atoms with Crippen LogP contribution in [-0.4, -0.2) is 42.6 Å². The summed E-state index contributed by atoms with van der Waals surface area (Å²) < 4.78 is 5.75. The molecule has 0 spiro atoms. The van der Waals surface area contributed by atoms with Gasteiger partial charge in [0.05, 0.1) is 0 Å². The second-order valence-electron chi connectivity index (χ2n) is 7.07. The number of hydrogen-bond donors (Lipinski definition) is 1. The summed E-state index contributed by atoms with van der Waals surface area (Å²) in [7, 11) is 1.92. The van der Waals surface area contributed by atoms with Crippen LogP contribution in [0.4, 0.5) is 0 Å². The second-order valence-corrected chi connectivity index (χ2v) is 7.07. The smallest absolute Gasteiger partial charge is 0.260 e. The maximum Gasteiger partial charge on any atom is 0.260 e. The minimum absolute atomic E-state index is 0. The Morgan fingerprint density at radius 1 is 1.12 bits per heavy atom. The molecule has 2 aromatic carbocycles. The number of carbonyl (C=O) groups excluding carboxylic acids is 1. The average molecular weight is 361 g/mol. The monoisotopic (exact) mass is 360 g/mol. The van der Waals surface area contributed by atoms with Crippen LogP contribution in [0.1, 0.15) is 25.7 Å². The third kappa shape index (κ3) is 3.91. The molecular formula is C20H25ClN2O2. The largest absolute Gasteiger partial charge is 0.484 e. The molecule has 5 heteroatoms. The van der Waals surface area contributed by atoms with Crippen LogP contribution in [0.25, 0.3) is 10.8 Å². The van der Waals surface area contributed by atoms with E-state index in [2.05, 4.69) is 17.4 Å².